The van der Waals surface area contributed by atoms with Gasteiger partial charge in [-0.15, -0.1) is 0 Å². The van der Waals surface area contributed by atoms with Crippen molar-refractivity contribution in [3.63, 3.8) is 0 Å². The van der Waals surface area contributed by atoms with E-state index in [9.17, 15) is 0 Å². The van der Waals surface area contributed by atoms with E-state index in [1.165, 1.54) is 0 Å². The first-order valence-electron chi connectivity index (χ1n) is 6.75. The van der Waals surface area contributed by atoms with Gasteiger partial charge in [0.15, 0.2) is 11.5 Å². The summed E-state index contributed by atoms with van der Waals surface area (Å²) >= 11 is 1.88. The zero-order valence-corrected chi connectivity index (χ0v) is 12.8. The van der Waals surface area contributed by atoms with Gasteiger partial charge in [-0.3, -0.25) is 0 Å². The summed E-state index contributed by atoms with van der Waals surface area (Å²) in [6.07, 6.45) is 0.927. The van der Waals surface area contributed by atoms with E-state index >= 15 is 0 Å². The van der Waals surface area contributed by atoms with E-state index in [0.717, 1.165) is 35.8 Å². The molecule has 2 N–H and O–H groups in total. The molecule has 1 aliphatic rings. The first-order valence-corrected chi connectivity index (χ1v) is 7.73. The zero-order chi connectivity index (χ0) is 13.9. The van der Waals surface area contributed by atoms with Crippen molar-refractivity contribution in [2.24, 2.45) is 5.73 Å². The van der Waals surface area contributed by atoms with E-state index < -0.39 is 0 Å². The highest BCUT2D eigenvalue weighted by atomic mass is 32.2. The van der Waals surface area contributed by atoms with Crippen LogP contribution in [0.15, 0.2) is 18.2 Å². The topological polar surface area (TPSA) is 44.5 Å². The summed E-state index contributed by atoms with van der Waals surface area (Å²) in [7, 11) is 0. The maximum atomic E-state index is 6.26. The van der Waals surface area contributed by atoms with Gasteiger partial charge < -0.3 is 15.2 Å². The van der Waals surface area contributed by atoms with Gasteiger partial charge in [0.2, 0.25) is 0 Å². The summed E-state index contributed by atoms with van der Waals surface area (Å²) in [5, 5.41) is 0. The molecule has 0 bridgehead atoms. The highest BCUT2D eigenvalue weighted by Gasteiger charge is 2.17. The molecule has 0 aliphatic carbocycles. The van der Waals surface area contributed by atoms with E-state index in [-0.39, 0.29) is 10.8 Å². The standard InChI is InChI=1S/C15H23NO2S/c1-15(2,3)19-10-12(16)11-5-6-13-14(9-11)18-8-4-7-17-13/h5-6,9,12H,4,7-8,10,16H2,1-3H3. The molecule has 0 fully saturated rings. The van der Waals surface area contributed by atoms with Crippen molar-refractivity contribution < 1.29 is 9.47 Å². The molecule has 1 aromatic rings. The van der Waals surface area contributed by atoms with Gasteiger partial charge in [-0.2, -0.15) is 11.8 Å². The van der Waals surface area contributed by atoms with Gasteiger partial charge in [-0.25, -0.2) is 0 Å². The van der Waals surface area contributed by atoms with Crippen LogP contribution in [-0.4, -0.2) is 23.7 Å². The molecule has 19 heavy (non-hydrogen) atoms. The number of benzene rings is 1. The number of thioether (sulfide) groups is 1. The van der Waals surface area contributed by atoms with Gasteiger partial charge in [-0.1, -0.05) is 26.8 Å². The molecule has 0 radical (unpaired) electrons. The van der Waals surface area contributed by atoms with Crippen molar-refractivity contribution in [1.29, 1.82) is 0 Å². The summed E-state index contributed by atoms with van der Waals surface area (Å²) in [5.74, 6) is 2.56. The molecule has 0 saturated heterocycles. The number of hydrogen-bond donors (Lipinski definition) is 1. The third kappa shape index (κ3) is 4.32. The highest BCUT2D eigenvalue weighted by molar-refractivity contribution is 8.00. The van der Waals surface area contributed by atoms with E-state index in [2.05, 4.69) is 20.8 Å². The third-order valence-corrected chi connectivity index (χ3v) is 4.29. The number of hydrogen-bond acceptors (Lipinski definition) is 4. The quantitative estimate of drug-likeness (QED) is 0.922. The van der Waals surface area contributed by atoms with Crippen LogP contribution < -0.4 is 15.2 Å². The van der Waals surface area contributed by atoms with E-state index in [1.807, 2.05) is 30.0 Å². The Kier molecular flexibility index (Phi) is 4.63. The van der Waals surface area contributed by atoms with Crippen molar-refractivity contribution >= 4 is 11.8 Å². The van der Waals surface area contributed by atoms with E-state index in [1.54, 1.807) is 0 Å². The average Bonchev–Trinajstić information content (AvgIpc) is 2.59. The second-order valence-corrected chi connectivity index (χ2v) is 7.63. The minimum absolute atomic E-state index is 0.0291. The summed E-state index contributed by atoms with van der Waals surface area (Å²) < 4.78 is 11.6. The predicted molar refractivity (Wildman–Crippen MR) is 81.2 cm³/mol. The van der Waals surface area contributed by atoms with Gasteiger partial charge in [0.25, 0.3) is 0 Å². The number of fused-ring (bicyclic) bond motifs is 1. The molecular weight excluding hydrogens is 258 g/mol. The lowest BCUT2D eigenvalue weighted by Crippen LogP contribution is -2.18. The molecule has 0 saturated carbocycles. The molecule has 1 aliphatic heterocycles. The smallest absolute Gasteiger partial charge is 0.161 e. The maximum absolute atomic E-state index is 6.26. The number of ether oxygens (including phenoxy) is 2. The minimum atomic E-state index is 0.0291. The number of rotatable bonds is 3. The van der Waals surface area contributed by atoms with E-state index in [4.69, 9.17) is 15.2 Å². The molecule has 2 rings (SSSR count). The molecule has 1 aromatic carbocycles. The van der Waals surface area contributed by atoms with Crippen molar-refractivity contribution in [3.05, 3.63) is 23.8 Å². The highest BCUT2D eigenvalue weighted by Crippen LogP contribution is 2.33. The van der Waals surface area contributed by atoms with Crippen molar-refractivity contribution in [1.82, 2.24) is 0 Å². The second kappa shape index (κ2) is 6.06. The van der Waals surface area contributed by atoms with Crippen LogP contribution in [0.2, 0.25) is 0 Å². The largest absolute Gasteiger partial charge is 0.490 e. The van der Waals surface area contributed by atoms with Gasteiger partial charge in [-0.05, 0) is 17.7 Å². The molecule has 0 aromatic heterocycles. The monoisotopic (exact) mass is 281 g/mol. The fourth-order valence-electron chi connectivity index (χ4n) is 1.85. The Morgan fingerprint density at radius 2 is 1.89 bits per heavy atom. The predicted octanol–water partition coefficient (Wildman–Crippen LogP) is 3.38. The zero-order valence-electron chi connectivity index (χ0n) is 11.9. The summed E-state index contributed by atoms with van der Waals surface area (Å²) in [4.78, 5) is 0. The minimum Gasteiger partial charge on any atom is -0.490 e. The lowest BCUT2D eigenvalue weighted by molar-refractivity contribution is 0.297. The molecule has 4 heteroatoms. The Labute approximate surface area is 119 Å². The Morgan fingerprint density at radius 1 is 1.21 bits per heavy atom. The molecule has 1 atom stereocenters. The van der Waals surface area contributed by atoms with Crippen molar-refractivity contribution in [2.45, 2.75) is 38.0 Å². The van der Waals surface area contributed by atoms with Gasteiger partial charge >= 0.3 is 0 Å². The molecule has 0 amide bonds. The second-order valence-electron chi connectivity index (χ2n) is 5.79. The first kappa shape index (κ1) is 14.5. The lowest BCUT2D eigenvalue weighted by Gasteiger charge is -2.21. The van der Waals surface area contributed by atoms with Crippen LogP contribution in [0.1, 0.15) is 38.8 Å². The van der Waals surface area contributed by atoms with Crippen LogP contribution in [0.4, 0.5) is 0 Å². The van der Waals surface area contributed by atoms with E-state index in [0.29, 0.717) is 6.61 Å². The Balaban J connectivity index is 2.06. The van der Waals surface area contributed by atoms with Crippen LogP contribution in [-0.2, 0) is 0 Å². The van der Waals surface area contributed by atoms with Gasteiger partial charge in [0.1, 0.15) is 0 Å². The normalized spacial score (nSPS) is 16.8. The average molecular weight is 281 g/mol. The summed E-state index contributed by atoms with van der Waals surface area (Å²) in [6.45, 7) is 8.05. The maximum Gasteiger partial charge on any atom is 0.161 e. The summed E-state index contributed by atoms with van der Waals surface area (Å²) in [6, 6.07) is 6.06. The lowest BCUT2D eigenvalue weighted by atomic mass is 10.1. The molecule has 1 heterocycles. The Bertz CT molecular complexity index is 429. The number of nitrogens with two attached hydrogens (primary N) is 1. The summed E-state index contributed by atoms with van der Waals surface area (Å²) in [5.41, 5.74) is 7.37. The van der Waals surface area contributed by atoms with Gasteiger partial charge in [0, 0.05) is 23.0 Å². The molecule has 0 spiro atoms. The Hall–Kier alpha value is -0.870. The van der Waals surface area contributed by atoms with Crippen LogP contribution in [0.3, 0.4) is 0 Å². The molecular formula is C15H23NO2S. The van der Waals surface area contributed by atoms with Crippen LogP contribution in [0.5, 0.6) is 11.5 Å². The molecule has 106 valence electrons. The fraction of sp³-hybridized carbons (Fsp3) is 0.600. The SMILES string of the molecule is CC(C)(C)SCC(N)c1ccc2c(c1)OCCCO2. The van der Waals surface area contributed by atoms with Crippen LogP contribution in [0.25, 0.3) is 0 Å². The third-order valence-electron chi connectivity index (χ3n) is 2.90. The van der Waals surface area contributed by atoms with Crippen LogP contribution >= 0.6 is 11.8 Å². The van der Waals surface area contributed by atoms with Gasteiger partial charge in [0.05, 0.1) is 13.2 Å². The molecule has 1 unspecified atom stereocenters. The fourth-order valence-corrected chi connectivity index (χ4v) is 2.72. The van der Waals surface area contributed by atoms with Crippen molar-refractivity contribution in [2.75, 3.05) is 19.0 Å². The van der Waals surface area contributed by atoms with Crippen molar-refractivity contribution in [3.8, 4) is 11.5 Å². The first-order chi connectivity index (χ1) is 8.96. The van der Waals surface area contributed by atoms with Crippen LogP contribution in [0, 0.1) is 0 Å². The molecule has 3 nitrogen and oxygen atoms in total. The Morgan fingerprint density at radius 3 is 2.58 bits per heavy atom.